The first-order valence-electron chi connectivity index (χ1n) is 5.03. The molecule has 5 heteroatoms. The Labute approximate surface area is 104 Å². The fourth-order valence-corrected chi connectivity index (χ4v) is 1.67. The fraction of sp³-hybridized carbons (Fsp3) is 0.167. The molecule has 88 valence electrons. The van der Waals surface area contributed by atoms with Crippen LogP contribution in [0.25, 0.3) is 5.69 Å². The number of thiocarbonyl (C=S) groups is 1. The Bertz CT molecular complexity index is 548. The number of ether oxygens (including phenoxy) is 1. The van der Waals surface area contributed by atoms with Crippen molar-refractivity contribution < 1.29 is 9.13 Å². The van der Waals surface area contributed by atoms with E-state index in [-0.39, 0.29) is 5.82 Å². The Kier molecular flexibility index (Phi) is 3.19. The summed E-state index contributed by atoms with van der Waals surface area (Å²) < 4.78 is 19.5. The second-order valence-electron chi connectivity index (χ2n) is 3.55. The highest BCUT2D eigenvalue weighted by atomic mass is 32.1. The van der Waals surface area contributed by atoms with E-state index in [0.717, 1.165) is 11.4 Å². The number of rotatable bonds is 2. The number of methoxy groups -OCH3 is 1. The van der Waals surface area contributed by atoms with Crippen LogP contribution >= 0.6 is 12.2 Å². The standard InChI is InChI=1S/C12H11FN2OS/c1-8-7-11(12(17)16-2)15(14-8)10-5-3-9(13)4-6-10/h3-7H,1-2H3. The largest absolute Gasteiger partial charge is 0.485 e. The monoisotopic (exact) mass is 250 g/mol. The van der Waals surface area contributed by atoms with Gasteiger partial charge in [-0.1, -0.05) is 0 Å². The minimum Gasteiger partial charge on any atom is -0.485 e. The Morgan fingerprint density at radius 3 is 2.59 bits per heavy atom. The summed E-state index contributed by atoms with van der Waals surface area (Å²) in [6, 6.07) is 7.88. The predicted molar refractivity (Wildman–Crippen MR) is 67.0 cm³/mol. The summed E-state index contributed by atoms with van der Waals surface area (Å²) >= 11 is 5.09. The zero-order chi connectivity index (χ0) is 12.4. The van der Waals surface area contributed by atoms with Crippen molar-refractivity contribution in [2.45, 2.75) is 6.92 Å². The number of aromatic nitrogens is 2. The van der Waals surface area contributed by atoms with Gasteiger partial charge in [-0.15, -0.1) is 0 Å². The first kappa shape index (κ1) is 11.7. The lowest BCUT2D eigenvalue weighted by atomic mass is 10.3. The minimum absolute atomic E-state index is 0.284. The second-order valence-corrected chi connectivity index (χ2v) is 3.92. The quantitative estimate of drug-likeness (QED) is 0.767. The SMILES string of the molecule is COC(=S)c1cc(C)nn1-c1ccc(F)cc1. The Balaban J connectivity index is 2.51. The molecule has 0 aliphatic heterocycles. The summed E-state index contributed by atoms with van der Waals surface area (Å²) in [7, 11) is 1.51. The lowest BCUT2D eigenvalue weighted by Gasteiger charge is -2.07. The third kappa shape index (κ3) is 2.34. The molecule has 0 aliphatic rings. The Morgan fingerprint density at radius 1 is 1.35 bits per heavy atom. The average molecular weight is 250 g/mol. The lowest BCUT2D eigenvalue weighted by molar-refractivity contribution is 0.413. The molecule has 17 heavy (non-hydrogen) atoms. The van der Waals surface area contributed by atoms with Gasteiger partial charge in [0.25, 0.3) is 0 Å². The van der Waals surface area contributed by atoms with Gasteiger partial charge in [0.15, 0.2) is 0 Å². The van der Waals surface area contributed by atoms with Crippen molar-refractivity contribution in [2.75, 3.05) is 7.11 Å². The van der Waals surface area contributed by atoms with E-state index in [1.807, 2.05) is 13.0 Å². The zero-order valence-corrected chi connectivity index (χ0v) is 10.3. The van der Waals surface area contributed by atoms with Crippen molar-refractivity contribution in [1.82, 2.24) is 9.78 Å². The number of hydrogen-bond donors (Lipinski definition) is 0. The molecule has 0 saturated heterocycles. The van der Waals surface area contributed by atoms with Crippen LogP contribution in [0.1, 0.15) is 11.4 Å². The average Bonchev–Trinajstić information content (AvgIpc) is 2.71. The van der Waals surface area contributed by atoms with Gasteiger partial charge in [0.05, 0.1) is 18.5 Å². The molecule has 0 aliphatic carbocycles. The van der Waals surface area contributed by atoms with Crippen LogP contribution in [0, 0.1) is 12.7 Å². The van der Waals surface area contributed by atoms with Crippen LogP contribution in [-0.2, 0) is 4.74 Å². The van der Waals surface area contributed by atoms with Gasteiger partial charge < -0.3 is 4.74 Å². The fourth-order valence-electron chi connectivity index (χ4n) is 1.53. The maximum Gasteiger partial charge on any atom is 0.210 e. The van der Waals surface area contributed by atoms with Crippen LogP contribution in [0.2, 0.25) is 0 Å². The van der Waals surface area contributed by atoms with E-state index in [4.69, 9.17) is 17.0 Å². The molecule has 0 amide bonds. The van der Waals surface area contributed by atoms with Gasteiger partial charge in [0.2, 0.25) is 5.05 Å². The van der Waals surface area contributed by atoms with Gasteiger partial charge in [-0.3, -0.25) is 0 Å². The van der Waals surface area contributed by atoms with Gasteiger partial charge in [-0.2, -0.15) is 5.10 Å². The smallest absolute Gasteiger partial charge is 0.210 e. The Hall–Kier alpha value is -1.75. The van der Waals surface area contributed by atoms with Crippen molar-refractivity contribution >= 4 is 17.3 Å². The number of aryl methyl sites for hydroxylation is 1. The second kappa shape index (κ2) is 4.63. The van der Waals surface area contributed by atoms with Crippen molar-refractivity contribution in [3.05, 3.63) is 47.5 Å². The molecule has 0 bridgehead atoms. The molecule has 3 nitrogen and oxygen atoms in total. The summed E-state index contributed by atoms with van der Waals surface area (Å²) in [5.74, 6) is -0.284. The van der Waals surface area contributed by atoms with Crippen molar-refractivity contribution in [1.29, 1.82) is 0 Å². The molecule has 0 saturated carbocycles. The minimum atomic E-state index is -0.284. The van der Waals surface area contributed by atoms with Crippen LogP contribution in [0.15, 0.2) is 30.3 Å². The summed E-state index contributed by atoms with van der Waals surface area (Å²) in [5.41, 5.74) is 2.25. The van der Waals surface area contributed by atoms with Gasteiger partial charge in [-0.25, -0.2) is 9.07 Å². The molecule has 2 rings (SSSR count). The van der Waals surface area contributed by atoms with E-state index < -0.39 is 0 Å². The number of halogens is 1. The maximum absolute atomic E-state index is 12.9. The molecule has 1 aromatic heterocycles. The van der Waals surface area contributed by atoms with Crippen molar-refractivity contribution in [3.8, 4) is 5.69 Å². The van der Waals surface area contributed by atoms with Crippen LogP contribution in [-0.4, -0.2) is 21.9 Å². The van der Waals surface area contributed by atoms with Gasteiger partial charge >= 0.3 is 0 Å². The topological polar surface area (TPSA) is 27.1 Å². The first-order valence-corrected chi connectivity index (χ1v) is 5.43. The molecular weight excluding hydrogens is 239 g/mol. The van der Waals surface area contributed by atoms with E-state index in [1.165, 1.54) is 19.2 Å². The highest BCUT2D eigenvalue weighted by molar-refractivity contribution is 7.80. The van der Waals surface area contributed by atoms with Gasteiger partial charge in [-0.05, 0) is 49.5 Å². The summed E-state index contributed by atoms with van der Waals surface area (Å²) in [6.45, 7) is 1.86. The number of benzene rings is 1. The lowest BCUT2D eigenvalue weighted by Crippen LogP contribution is -2.09. The molecule has 0 N–H and O–H groups in total. The van der Waals surface area contributed by atoms with Gasteiger partial charge in [0.1, 0.15) is 11.5 Å². The molecule has 0 spiro atoms. The molecular formula is C12H11FN2OS. The molecule has 0 fully saturated rings. The maximum atomic E-state index is 12.9. The summed E-state index contributed by atoms with van der Waals surface area (Å²) in [5, 5.41) is 4.66. The zero-order valence-electron chi connectivity index (χ0n) is 9.48. The Morgan fingerprint density at radius 2 is 2.00 bits per heavy atom. The molecule has 1 aromatic carbocycles. The highest BCUT2D eigenvalue weighted by Gasteiger charge is 2.12. The van der Waals surface area contributed by atoms with Crippen LogP contribution in [0.3, 0.4) is 0 Å². The van der Waals surface area contributed by atoms with Crippen LogP contribution < -0.4 is 0 Å². The molecule has 0 unspecified atom stereocenters. The van der Waals surface area contributed by atoms with E-state index >= 15 is 0 Å². The summed E-state index contributed by atoms with van der Waals surface area (Å²) in [6.07, 6.45) is 0. The molecule has 0 radical (unpaired) electrons. The van der Waals surface area contributed by atoms with Crippen LogP contribution in [0.5, 0.6) is 0 Å². The predicted octanol–water partition coefficient (Wildman–Crippen LogP) is 2.64. The van der Waals surface area contributed by atoms with Crippen LogP contribution in [0.4, 0.5) is 4.39 Å². The normalized spacial score (nSPS) is 10.3. The number of nitrogens with zero attached hydrogens (tertiary/aromatic N) is 2. The first-order chi connectivity index (χ1) is 8.11. The molecule has 0 atom stereocenters. The molecule has 2 aromatic rings. The van der Waals surface area contributed by atoms with E-state index in [1.54, 1.807) is 16.8 Å². The van der Waals surface area contributed by atoms with Crippen molar-refractivity contribution in [2.24, 2.45) is 0 Å². The van der Waals surface area contributed by atoms with E-state index in [2.05, 4.69) is 5.10 Å². The third-order valence-electron chi connectivity index (χ3n) is 2.30. The highest BCUT2D eigenvalue weighted by Crippen LogP contribution is 2.14. The number of hydrogen-bond acceptors (Lipinski definition) is 3. The van der Waals surface area contributed by atoms with E-state index in [0.29, 0.717) is 10.7 Å². The third-order valence-corrected chi connectivity index (χ3v) is 2.67. The summed E-state index contributed by atoms with van der Waals surface area (Å²) in [4.78, 5) is 0. The van der Waals surface area contributed by atoms with E-state index in [9.17, 15) is 4.39 Å². The molecule has 1 heterocycles. The van der Waals surface area contributed by atoms with Crippen molar-refractivity contribution in [3.63, 3.8) is 0 Å². The van der Waals surface area contributed by atoms with Gasteiger partial charge in [0, 0.05) is 0 Å².